The van der Waals surface area contributed by atoms with Crippen molar-refractivity contribution in [1.29, 1.82) is 0 Å². The van der Waals surface area contributed by atoms with Gasteiger partial charge in [0.2, 0.25) is 10.0 Å². The summed E-state index contributed by atoms with van der Waals surface area (Å²) in [5.41, 5.74) is 1.59. The van der Waals surface area contributed by atoms with Crippen LogP contribution in [0, 0.1) is 11.6 Å². The van der Waals surface area contributed by atoms with Crippen LogP contribution in [0.2, 0.25) is 10.0 Å². The Hall–Kier alpha value is -3.94. The first kappa shape index (κ1) is 47.4. The Kier molecular flexibility index (Phi) is 15.6. The van der Waals surface area contributed by atoms with E-state index in [1.165, 1.54) is 26.3 Å². The zero-order chi connectivity index (χ0) is 43.3. The first-order valence-electron chi connectivity index (χ1n) is 16.8. The number of sulfonamides is 1. The zero-order valence-corrected chi connectivity index (χ0v) is 35.0. The van der Waals surface area contributed by atoms with Gasteiger partial charge >= 0.3 is 12.1 Å². The van der Waals surface area contributed by atoms with E-state index in [0.717, 1.165) is 39.5 Å². The normalized spacial score (nSPS) is 12.9. The number of aromatic nitrogens is 2. The molecule has 20 heteroatoms. The summed E-state index contributed by atoms with van der Waals surface area (Å²) in [6.45, 7) is 4.62. The van der Waals surface area contributed by atoms with Crippen LogP contribution in [-0.4, -0.2) is 97.9 Å². The highest BCUT2D eigenvalue weighted by molar-refractivity contribution is 7.98. The fraction of sp³-hybridized carbons (Fsp3) is 0.378. The molecule has 4 aromatic rings. The Morgan fingerprint density at radius 1 is 1.04 bits per heavy atom. The van der Waals surface area contributed by atoms with E-state index in [-0.39, 0.29) is 22.8 Å². The van der Waals surface area contributed by atoms with Gasteiger partial charge in [0.25, 0.3) is 0 Å². The molecule has 4 rings (SSSR count). The lowest BCUT2D eigenvalue weighted by Gasteiger charge is -2.28. The summed E-state index contributed by atoms with van der Waals surface area (Å²) in [6, 6.07) is 12.0. The topological polar surface area (TPSA) is 142 Å². The highest BCUT2D eigenvalue weighted by Crippen LogP contribution is 2.40. The van der Waals surface area contributed by atoms with Gasteiger partial charge in [-0.25, -0.2) is 22.2 Å². The highest BCUT2D eigenvalue weighted by atomic mass is 35.5. The Labute approximate surface area is 341 Å². The van der Waals surface area contributed by atoms with Crippen LogP contribution in [-0.2, 0) is 30.8 Å². The van der Waals surface area contributed by atoms with Crippen molar-refractivity contribution in [2.45, 2.75) is 60.1 Å². The van der Waals surface area contributed by atoms with Gasteiger partial charge in [0, 0.05) is 34.5 Å². The Bertz CT molecular complexity index is 2160. The molecule has 0 saturated carbocycles. The van der Waals surface area contributed by atoms with Gasteiger partial charge in [-0.3, -0.25) is 9.36 Å². The van der Waals surface area contributed by atoms with E-state index >= 15 is 4.39 Å². The van der Waals surface area contributed by atoms with Crippen LogP contribution in [0.5, 0.6) is 5.75 Å². The number of aliphatic carboxylic acids is 2. The van der Waals surface area contributed by atoms with Crippen LogP contribution in [0.4, 0.5) is 22.0 Å². The van der Waals surface area contributed by atoms with E-state index in [1.54, 1.807) is 24.4 Å². The first-order chi connectivity index (χ1) is 26.2. The van der Waals surface area contributed by atoms with E-state index in [2.05, 4.69) is 4.98 Å². The number of methoxy groups -OCH3 is 1. The number of quaternary nitrogens is 1. The number of benzene rings is 3. The predicted molar refractivity (Wildman–Crippen MR) is 204 cm³/mol. The van der Waals surface area contributed by atoms with Gasteiger partial charge in [0.05, 0.1) is 56.6 Å². The molecule has 0 fully saturated rings. The van der Waals surface area contributed by atoms with Crippen molar-refractivity contribution in [2.24, 2.45) is 0 Å². The molecule has 0 spiro atoms. The van der Waals surface area contributed by atoms with E-state index < -0.39 is 56.1 Å². The van der Waals surface area contributed by atoms with E-state index in [9.17, 15) is 35.9 Å². The number of carboxylic acid groups (broad SMARTS) is 2. The summed E-state index contributed by atoms with van der Waals surface area (Å²) < 4.78 is 96.8. The molecule has 0 amide bonds. The molecule has 0 aliphatic rings. The molecule has 0 aliphatic carbocycles. The Balaban J connectivity index is 0.00000113. The molecule has 11 nitrogen and oxygen atoms in total. The molecule has 57 heavy (non-hydrogen) atoms. The molecule has 0 saturated heterocycles. The van der Waals surface area contributed by atoms with Crippen molar-refractivity contribution in [2.75, 3.05) is 41.8 Å². The number of carboxylic acids is 2. The van der Waals surface area contributed by atoms with E-state index in [1.807, 2.05) is 51.7 Å². The third-order valence-electron chi connectivity index (χ3n) is 8.73. The number of carbonyl (C=O) groups is 2. The number of hydrogen-bond donors (Lipinski definition) is 1. The Morgan fingerprint density at radius 3 is 2.14 bits per heavy atom. The van der Waals surface area contributed by atoms with Crippen molar-refractivity contribution in [3.8, 4) is 11.4 Å². The molecule has 1 heterocycles. The average Bonchev–Trinajstić information content (AvgIpc) is 3.54. The molecule has 0 aliphatic heterocycles. The molecule has 3 aromatic carbocycles. The number of likely N-dealkylation sites (N-methyl/N-ethyl adjacent to an activating group) is 1. The van der Waals surface area contributed by atoms with Gasteiger partial charge in [-0.05, 0) is 66.9 Å². The number of carbonyl (C=O) groups excluding carboxylic acids is 1. The molecule has 1 atom stereocenters. The number of hydrogen-bond acceptors (Lipinski definition) is 8. The fourth-order valence-corrected chi connectivity index (χ4v) is 8.49. The standard InChI is InChI=1S/C35H40Cl2F2N4O5S2.C2HF3O2/c1-35(2,22-10-15-27(36)31(17-22)48-7)32-20-40-34(42(32)24-13-11-23(38)12-14-24)49-21-26-28(37)18-25(19-29(26)39)50(46,47)41(3)30(33(44)45)9-8-16-43(4,5)6;3-2(4,5)1(6)7/h10-15,17-20,30H,8-9,16,21H2,1-7H3;(H,6,7)/t30-;/m0./s1. The third kappa shape index (κ3) is 12.0. The molecular weight excluding hydrogens is 842 g/mol. The molecule has 0 radical (unpaired) electrons. The summed E-state index contributed by atoms with van der Waals surface area (Å²) >= 11 is 14.0. The largest absolute Gasteiger partial charge is 0.542 e. The van der Waals surface area contributed by atoms with Gasteiger partial charge in [-0.2, -0.15) is 17.5 Å². The zero-order valence-electron chi connectivity index (χ0n) is 31.8. The van der Waals surface area contributed by atoms with E-state index in [4.69, 9.17) is 37.8 Å². The lowest BCUT2D eigenvalue weighted by Crippen LogP contribution is -2.43. The lowest BCUT2D eigenvalue weighted by atomic mass is 9.81. The molecule has 0 bridgehead atoms. The quantitative estimate of drug-likeness (QED) is 0.0764. The maximum atomic E-state index is 15.7. The number of alkyl halides is 3. The lowest BCUT2D eigenvalue weighted by molar-refractivity contribution is -0.870. The maximum absolute atomic E-state index is 15.7. The molecule has 1 N–H and O–H groups in total. The van der Waals surface area contributed by atoms with Crippen molar-refractivity contribution < 1.29 is 59.4 Å². The fourth-order valence-electron chi connectivity index (χ4n) is 5.47. The van der Waals surface area contributed by atoms with Gasteiger partial charge in [-0.15, -0.1) is 0 Å². The number of thioether (sulfide) groups is 1. The monoisotopic (exact) mass is 882 g/mol. The number of halogens is 7. The smallest absolute Gasteiger partial charge is 0.430 e. The minimum Gasteiger partial charge on any atom is -0.542 e. The summed E-state index contributed by atoms with van der Waals surface area (Å²) in [7, 11) is 4.14. The van der Waals surface area contributed by atoms with Crippen molar-refractivity contribution in [1.82, 2.24) is 13.9 Å². The maximum Gasteiger partial charge on any atom is 0.430 e. The second-order valence-electron chi connectivity index (χ2n) is 14.2. The second kappa shape index (κ2) is 18.8. The van der Waals surface area contributed by atoms with Crippen LogP contribution >= 0.6 is 35.0 Å². The van der Waals surface area contributed by atoms with Crippen LogP contribution in [0.25, 0.3) is 5.69 Å². The molecule has 312 valence electrons. The van der Waals surface area contributed by atoms with Crippen LogP contribution in [0.1, 0.15) is 43.5 Å². The Morgan fingerprint density at radius 2 is 1.63 bits per heavy atom. The van der Waals surface area contributed by atoms with Crippen molar-refractivity contribution >= 4 is 56.9 Å². The number of rotatable bonds is 15. The van der Waals surface area contributed by atoms with Gasteiger partial charge in [0.15, 0.2) is 5.16 Å². The first-order valence-corrected chi connectivity index (χ1v) is 20.0. The summed E-state index contributed by atoms with van der Waals surface area (Å²) in [4.78, 5) is 25.0. The second-order valence-corrected chi connectivity index (χ2v) is 17.9. The predicted octanol–water partition coefficient (Wildman–Crippen LogP) is 6.94. The molecule has 1 aromatic heterocycles. The molecule has 0 unspecified atom stereocenters. The van der Waals surface area contributed by atoms with Crippen molar-refractivity contribution in [3.05, 3.63) is 99.3 Å². The van der Waals surface area contributed by atoms with Gasteiger partial charge in [0.1, 0.15) is 29.4 Å². The number of imidazole rings is 1. The average molecular weight is 884 g/mol. The van der Waals surface area contributed by atoms with E-state index in [0.29, 0.717) is 39.1 Å². The SMILES string of the molecule is COc1cc(C(C)(C)c2cnc(SCc3c(F)cc(S(=O)(=O)N(C)[C@@H](CCC[N+](C)(C)C)C(=O)O)cc3Cl)n2-c2ccc(F)cc2)ccc1Cl.O=C([O-])C(F)(F)F. The summed E-state index contributed by atoms with van der Waals surface area (Å²) in [6.07, 6.45) is -2.96. The van der Waals surface area contributed by atoms with Crippen molar-refractivity contribution in [3.63, 3.8) is 0 Å². The molecular formula is C37H41Cl2F5N4O7S2. The highest BCUT2D eigenvalue weighted by Gasteiger charge is 2.35. The minimum absolute atomic E-state index is 0.0313. The van der Waals surface area contributed by atoms with Gasteiger partial charge < -0.3 is 24.2 Å². The van der Waals surface area contributed by atoms with Crippen LogP contribution in [0.15, 0.2) is 70.8 Å². The van der Waals surface area contributed by atoms with Crippen LogP contribution in [0.3, 0.4) is 0 Å². The minimum atomic E-state index is -5.19. The number of ether oxygens (including phenoxy) is 1. The summed E-state index contributed by atoms with van der Waals surface area (Å²) in [5, 5.41) is 19.4. The summed E-state index contributed by atoms with van der Waals surface area (Å²) in [5.74, 6) is -5.13. The van der Waals surface area contributed by atoms with Crippen LogP contribution < -0.4 is 9.84 Å². The van der Waals surface area contributed by atoms with Gasteiger partial charge in [-0.1, -0.05) is 54.9 Å². The third-order valence-corrected chi connectivity index (χ3v) is 12.2. The number of nitrogens with zero attached hydrogens (tertiary/aromatic N) is 4.